The minimum absolute atomic E-state index is 0.328. The van der Waals surface area contributed by atoms with Gasteiger partial charge in [0.05, 0.1) is 0 Å². The van der Waals surface area contributed by atoms with Gasteiger partial charge in [-0.05, 0) is 70.0 Å². The summed E-state index contributed by atoms with van der Waals surface area (Å²) in [7, 11) is 0. The summed E-state index contributed by atoms with van der Waals surface area (Å²) >= 11 is 0. The average Bonchev–Trinajstić information content (AvgIpc) is 2.70. The van der Waals surface area contributed by atoms with Crippen molar-refractivity contribution in [2.24, 2.45) is 5.41 Å². The molecule has 2 aromatic rings. The van der Waals surface area contributed by atoms with Gasteiger partial charge < -0.3 is 15.5 Å². The Hall–Kier alpha value is -2.82. The van der Waals surface area contributed by atoms with Crippen LogP contribution in [0.4, 0.5) is 17.1 Å². The van der Waals surface area contributed by atoms with Gasteiger partial charge in [0.25, 0.3) is 0 Å². The fourth-order valence-electron chi connectivity index (χ4n) is 2.96. The van der Waals surface area contributed by atoms with E-state index < -0.39 is 5.41 Å². The highest BCUT2D eigenvalue weighted by atomic mass is 16.2. The van der Waals surface area contributed by atoms with Crippen LogP contribution in [-0.2, 0) is 16.0 Å². The number of nitrogens with zero attached hydrogens (tertiary/aromatic N) is 1. The fourth-order valence-corrected chi connectivity index (χ4v) is 2.96. The summed E-state index contributed by atoms with van der Waals surface area (Å²) in [4.78, 5) is 27.8. The van der Waals surface area contributed by atoms with E-state index in [1.54, 1.807) is 13.8 Å². The molecule has 0 radical (unpaired) electrons. The number of rotatable bonds is 8. The van der Waals surface area contributed by atoms with Crippen LogP contribution in [-0.4, -0.2) is 24.9 Å². The fraction of sp³-hybridized carbons (Fsp3) is 0.391. The van der Waals surface area contributed by atoms with Crippen LogP contribution in [0.1, 0.15) is 40.2 Å². The third-order valence-electron chi connectivity index (χ3n) is 5.04. The molecule has 0 atom stereocenters. The number of amides is 2. The molecule has 28 heavy (non-hydrogen) atoms. The van der Waals surface area contributed by atoms with Gasteiger partial charge in [-0.3, -0.25) is 9.59 Å². The topological polar surface area (TPSA) is 61.4 Å². The summed E-state index contributed by atoms with van der Waals surface area (Å²) < 4.78 is 0. The summed E-state index contributed by atoms with van der Waals surface area (Å²) in [6, 6.07) is 15.3. The third-order valence-corrected chi connectivity index (χ3v) is 5.04. The van der Waals surface area contributed by atoms with Crippen LogP contribution >= 0.6 is 0 Å². The lowest BCUT2D eigenvalue weighted by Crippen LogP contribution is -2.41. The first-order valence-corrected chi connectivity index (χ1v) is 9.89. The summed E-state index contributed by atoms with van der Waals surface area (Å²) in [6.07, 6.45) is 0.808. The molecule has 0 saturated heterocycles. The molecule has 0 aliphatic carbocycles. The molecule has 0 aliphatic heterocycles. The molecule has 2 N–H and O–H groups in total. The zero-order chi connectivity index (χ0) is 20.7. The Kier molecular flexibility index (Phi) is 7.21. The Bertz CT molecular complexity index is 809. The Balaban J connectivity index is 2.08. The lowest BCUT2D eigenvalue weighted by atomic mass is 9.90. The first-order chi connectivity index (χ1) is 13.3. The minimum atomic E-state index is -1.21. The molecule has 0 unspecified atom stereocenters. The number of nitrogens with one attached hydrogen (secondary N) is 2. The van der Waals surface area contributed by atoms with Crippen molar-refractivity contribution in [3.8, 4) is 0 Å². The van der Waals surface area contributed by atoms with E-state index in [-0.39, 0.29) is 11.8 Å². The molecule has 0 fully saturated rings. The van der Waals surface area contributed by atoms with Gasteiger partial charge in [0.1, 0.15) is 5.41 Å². The summed E-state index contributed by atoms with van der Waals surface area (Å²) in [6.45, 7) is 11.4. The van der Waals surface area contributed by atoms with E-state index in [2.05, 4.69) is 29.4 Å². The molecule has 5 nitrogen and oxygen atoms in total. The number of aryl methyl sites for hydroxylation is 1. The number of carbonyl (C=O) groups excluding carboxylic acids is 2. The largest absolute Gasteiger partial charge is 0.372 e. The number of anilines is 3. The highest BCUT2D eigenvalue weighted by Gasteiger charge is 2.36. The Labute approximate surface area is 168 Å². The molecular formula is C23H31N3O2. The van der Waals surface area contributed by atoms with Crippen molar-refractivity contribution < 1.29 is 9.59 Å². The van der Waals surface area contributed by atoms with E-state index in [1.165, 1.54) is 0 Å². The normalized spacial score (nSPS) is 11.0. The van der Waals surface area contributed by atoms with Crippen LogP contribution in [0.3, 0.4) is 0 Å². The van der Waals surface area contributed by atoms with E-state index in [0.717, 1.165) is 36.4 Å². The van der Waals surface area contributed by atoms with Gasteiger partial charge in [0, 0.05) is 30.2 Å². The molecule has 0 aromatic heterocycles. The van der Waals surface area contributed by atoms with Gasteiger partial charge in [0.2, 0.25) is 11.8 Å². The predicted octanol–water partition coefficient (Wildman–Crippen LogP) is 4.70. The minimum Gasteiger partial charge on any atom is -0.372 e. The third kappa shape index (κ3) is 4.91. The first kappa shape index (κ1) is 21.5. The predicted molar refractivity (Wildman–Crippen MR) is 117 cm³/mol. The maximum Gasteiger partial charge on any atom is 0.239 e. The van der Waals surface area contributed by atoms with Crippen molar-refractivity contribution in [1.29, 1.82) is 0 Å². The average molecular weight is 382 g/mol. The first-order valence-electron chi connectivity index (χ1n) is 9.89. The quantitative estimate of drug-likeness (QED) is 0.652. The van der Waals surface area contributed by atoms with Crippen LogP contribution in [0, 0.1) is 5.41 Å². The maximum absolute atomic E-state index is 12.8. The lowest BCUT2D eigenvalue weighted by Gasteiger charge is -2.24. The second-order valence-corrected chi connectivity index (χ2v) is 7.26. The van der Waals surface area contributed by atoms with Gasteiger partial charge in [-0.25, -0.2) is 0 Å². The molecule has 0 saturated carbocycles. The molecule has 0 bridgehead atoms. The Morgan fingerprint density at radius 1 is 0.857 bits per heavy atom. The van der Waals surface area contributed by atoms with E-state index in [9.17, 15) is 9.59 Å². The summed E-state index contributed by atoms with van der Waals surface area (Å²) in [5, 5.41) is 5.76. The van der Waals surface area contributed by atoms with Crippen molar-refractivity contribution in [3.05, 3.63) is 54.1 Å². The van der Waals surface area contributed by atoms with E-state index in [0.29, 0.717) is 5.69 Å². The van der Waals surface area contributed by atoms with Gasteiger partial charge in [-0.15, -0.1) is 0 Å². The highest BCUT2D eigenvalue weighted by Crippen LogP contribution is 2.24. The maximum atomic E-state index is 12.8. The Morgan fingerprint density at radius 3 is 2.00 bits per heavy atom. The Morgan fingerprint density at radius 2 is 1.43 bits per heavy atom. The molecule has 150 valence electrons. The second kappa shape index (κ2) is 9.40. The number of benzene rings is 2. The molecule has 2 rings (SSSR count). The van der Waals surface area contributed by atoms with Crippen molar-refractivity contribution >= 4 is 28.9 Å². The summed E-state index contributed by atoms with van der Waals surface area (Å²) in [5.74, 6) is -0.666. The van der Waals surface area contributed by atoms with Crippen LogP contribution in [0.25, 0.3) is 0 Å². The monoisotopic (exact) mass is 381 g/mol. The number of hydrogen-bond donors (Lipinski definition) is 2. The molecule has 0 aliphatic rings. The highest BCUT2D eigenvalue weighted by molar-refractivity contribution is 6.14. The molecule has 0 spiro atoms. The van der Waals surface area contributed by atoms with Crippen LogP contribution < -0.4 is 15.5 Å². The number of hydrogen-bond acceptors (Lipinski definition) is 3. The number of para-hydroxylation sites is 1. The van der Waals surface area contributed by atoms with Gasteiger partial charge >= 0.3 is 0 Å². The van der Waals surface area contributed by atoms with Crippen molar-refractivity contribution in [1.82, 2.24) is 0 Å². The van der Waals surface area contributed by atoms with E-state index in [4.69, 9.17) is 0 Å². The van der Waals surface area contributed by atoms with Crippen molar-refractivity contribution in [2.45, 2.75) is 41.0 Å². The van der Waals surface area contributed by atoms with Gasteiger partial charge in [-0.2, -0.15) is 0 Å². The second-order valence-electron chi connectivity index (χ2n) is 7.26. The van der Waals surface area contributed by atoms with Crippen LogP contribution in [0.2, 0.25) is 0 Å². The molecule has 2 amide bonds. The van der Waals surface area contributed by atoms with Crippen molar-refractivity contribution in [2.75, 3.05) is 28.6 Å². The van der Waals surface area contributed by atoms with E-state index >= 15 is 0 Å². The molecule has 2 aromatic carbocycles. The SMILES string of the molecule is CCc1ccccc1NC(=O)C(C)(C)C(=O)Nc1ccc(N(CC)CC)cc1. The zero-order valence-corrected chi connectivity index (χ0v) is 17.5. The molecule has 5 heteroatoms. The summed E-state index contributed by atoms with van der Waals surface area (Å²) in [5.41, 5.74) is 2.36. The van der Waals surface area contributed by atoms with Gasteiger partial charge in [-0.1, -0.05) is 25.1 Å². The lowest BCUT2D eigenvalue weighted by molar-refractivity contribution is -0.135. The van der Waals surface area contributed by atoms with Crippen molar-refractivity contribution in [3.63, 3.8) is 0 Å². The number of carbonyl (C=O) groups is 2. The van der Waals surface area contributed by atoms with E-state index in [1.807, 2.05) is 55.5 Å². The molecule has 0 heterocycles. The van der Waals surface area contributed by atoms with Crippen LogP contribution in [0.15, 0.2) is 48.5 Å². The van der Waals surface area contributed by atoms with Gasteiger partial charge in [0.15, 0.2) is 0 Å². The molecular weight excluding hydrogens is 350 g/mol. The van der Waals surface area contributed by atoms with Crippen LogP contribution in [0.5, 0.6) is 0 Å². The smallest absolute Gasteiger partial charge is 0.239 e. The standard InChI is InChI=1S/C23H31N3O2/c1-6-17-11-9-10-12-20(17)25-22(28)23(4,5)21(27)24-18-13-15-19(16-14-18)26(7-2)8-3/h9-16H,6-8H2,1-5H3,(H,24,27)(H,25,28). The zero-order valence-electron chi connectivity index (χ0n) is 17.5.